The molecule has 1 fully saturated rings. The van der Waals surface area contributed by atoms with Gasteiger partial charge in [-0.15, -0.1) is 0 Å². The van der Waals surface area contributed by atoms with Gasteiger partial charge in [-0.3, -0.25) is 4.90 Å². The van der Waals surface area contributed by atoms with Gasteiger partial charge in [-0.2, -0.15) is 4.98 Å². The first-order chi connectivity index (χ1) is 11.9. The van der Waals surface area contributed by atoms with Crippen molar-refractivity contribution in [3.63, 3.8) is 0 Å². The van der Waals surface area contributed by atoms with Crippen LogP contribution in [0.2, 0.25) is 0 Å². The molecule has 1 aromatic carbocycles. The summed E-state index contributed by atoms with van der Waals surface area (Å²) in [6.07, 6.45) is 2.75. The Labute approximate surface area is 146 Å². The summed E-state index contributed by atoms with van der Waals surface area (Å²) in [6.45, 7) is 2.35. The molecule has 0 bridgehead atoms. The van der Waals surface area contributed by atoms with E-state index >= 15 is 0 Å². The number of hydrogen-bond acceptors (Lipinski definition) is 5. The van der Waals surface area contributed by atoms with Gasteiger partial charge in [0.2, 0.25) is 5.95 Å². The first kappa shape index (κ1) is 17.5. The Balaban J connectivity index is 1.63. The largest absolute Gasteiger partial charge is 0.363 e. The predicted octanol–water partition coefficient (Wildman–Crippen LogP) is 2.53. The number of nitrogens with zero attached hydrogens (tertiary/aromatic N) is 5. The Morgan fingerprint density at radius 3 is 2.68 bits per heavy atom. The van der Waals surface area contributed by atoms with Crippen molar-refractivity contribution in [1.82, 2.24) is 14.9 Å². The van der Waals surface area contributed by atoms with Crippen LogP contribution in [0.25, 0.3) is 0 Å². The Hall–Kier alpha value is -2.28. The molecule has 0 amide bonds. The van der Waals surface area contributed by atoms with Crippen molar-refractivity contribution in [3.05, 3.63) is 47.7 Å². The standard InChI is InChI=1S/C18H23F2N5/c1-23(2)17-6-8-21-18(22-17)24(3)14-7-9-25(12-14)11-13-4-5-15(19)16(20)10-13/h4-6,8,10,14H,7,9,11-12H2,1-3H3. The zero-order chi connectivity index (χ0) is 18.0. The molecule has 1 saturated heterocycles. The first-order valence-electron chi connectivity index (χ1n) is 8.33. The molecule has 134 valence electrons. The van der Waals surface area contributed by atoms with Crippen molar-refractivity contribution < 1.29 is 8.78 Å². The van der Waals surface area contributed by atoms with Gasteiger partial charge < -0.3 is 9.80 Å². The lowest BCUT2D eigenvalue weighted by molar-refractivity contribution is 0.324. The van der Waals surface area contributed by atoms with E-state index in [9.17, 15) is 8.78 Å². The number of anilines is 2. The van der Waals surface area contributed by atoms with E-state index in [2.05, 4.69) is 19.8 Å². The minimum atomic E-state index is -0.805. The second-order valence-corrected chi connectivity index (χ2v) is 6.65. The average Bonchev–Trinajstić information content (AvgIpc) is 3.06. The van der Waals surface area contributed by atoms with E-state index in [0.29, 0.717) is 18.5 Å². The highest BCUT2D eigenvalue weighted by atomic mass is 19.2. The van der Waals surface area contributed by atoms with Gasteiger partial charge in [-0.1, -0.05) is 6.07 Å². The summed E-state index contributed by atoms with van der Waals surface area (Å²) in [5, 5.41) is 0. The molecule has 7 heteroatoms. The molecule has 5 nitrogen and oxygen atoms in total. The van der Waals surface area contributed by atoms with Gasteiger partial charge in [0.1, 0.15) is 5.82 Å². The molecule has 0 aliphatic carbocycles. The summed E-state index contributed by atoms with van der Waals surface area (Å²) in [4.78, 5) is 15.2. The van der Waals surface area contributed by atoms with Gasteiger partial charge in [0.25, 0.3) is 0 Å². The number of likely N-dealkylation sites (N-methyl/N-ethyl adjacent to an activating group) is 1. The van der Waals surface area contributed by atoms with Crippen LogP contribution in [0.5, 0.6) is 0 Å². The summed E-state index contributed by atoms with van der Waals surface area (Å²) < 4.78 is 26.4. The van der Waals surface area contributed by atoms with E-state index in [1.54, 1.807) is 12.3 Å². The average molecular weight is 347 g/mol. The third-order valence-corrected chi connectivity index (χ3v) is 4.59. The highest BCUT2D eigenvalue weighted by Gasteiger charge is 2.27. The Bertz CT molecular complexity index is 737. The van der Waals surface area contributed by atoms with E-state index in [4.69, 9.17) is 0 Å². The van der Waals surface area contributed by atoms with E-state index in [-0.39, 0.29) is 0 Å². The minimum Gasteiger partial charge on any atom is -0.363 e. The van der Waals surface area contributed by atoms with Crippen LogP contribution < -0.4 is 9.80 Å². The molecule has 1 atom stereocenters. The fourth-order valence-corrected chi connectivity index (χ4v) is 3.09. The molecule has 0 radical (unpaired) electrons. The molecule has 2 aromatic rings. The lowest BCUT2D eigenvalue weighted by Crippen LogP contribution is -2.35. The van der Waals surface area contributed by atoms with E-state index in [1.807, 2.05) is 32.1 Å². The molecular formula is C18H23F2N5. The van der Waals surface area contributed by atoms with Gasteiger partial charge in [0, 0.05) is 53.0 Å². The topological polar surface area (TPSA) is 35.5 Å². The number of likely N-dealkylation sites (tertiary alicyclic amines) is 1. The number of aromatic nitrogens is 2. The zero-order valence-electron chi connectivity index (χ0n) is 14.8. The first-order valence-corrected chi connectivity index (χ1v) is 8.33. The van der Waals surface area contributed by atoms with Gasteiger partial charge in [-0.25, -0.2) is 13.8 Å². The van der Waals surface area contributed by atoms with Crippen LogP contribution in [0.3, 0.4) is 0 Å². The summed E-state index contributed by atoms with van der Waals surface area (Å²) in [6, 6.07) is 6.27. The lowest BCUT2D eigenvalue weighted by Gasteiger charge is -2.25. The summed E-state index contributed by atoms with van der Waals surface area (Å²) in [7, 11) is 5.90. The van der Waals surface area contributed by atoms with Crippen LogP contribution in [-0.4, -0.2) is 55.1 Å². The molecule has 1 aromatic heterocycles. The number of rotatable bonds is 5. The van der Waals surface area contributed by atoms with Crippen LogP contribution in [0, 0.1) is 11.6 Å². The molecule has 2 heterocycles. The maximum absolute atomic E-state index is 13.4. The van der Waals surface area contributed by atoms with Crippen LogP contribution in [-0.2, 0) is 6.54 Å². The van der Waals surface area contributed by atoms with Crippen molar-refractivity contribution in [2.24, 2.45) is 0 Å². The van der Waals surface area contributed by atoms with Crippen molar-refractivity contribution in [2.45, 2.75) is 19.0 Å². The Morgan fingerprint density at radius 1 is 1.16 bits per heavy atom. The molecule has 0 spiro atoms. The van der Waals surface area contributed by atoms with E-state index in [1.165, 1.54) is 12.1 Å². The molecule has 0 N–H and O–H groups in total. The molecule has 1 unspecified atom stereocenters. The predicted molar refractivity (Wildman–Crippen MR) is 94.8 cm³/mol. The van der Waals surface area contributed by atoms with Gasteiger partial charge in [-0.05, 0) is 30.2 Å². The zero-order valence-corrected chi connectivity index (χ0v) is 14.8. The SMILES string of the molecule is CN(C)c1ccnc(N(C)C2CCN(Cc3ccc(F)c(F)c3)C2)n1. The van der Waals surface area contributed by atoms with E-state index < -0.39 is 11.6 Å². The Morgan fingerprint density at radius 2 is 1.96 bits per heavy atom. The van der Waals surface area contributed by atoms with Crippen LogP contribution in [0.15, 0.2) is 30.5 Å². The van der Waals surface area contributed by atoms with Crippen molar-refractivity contribution >= 4 is 11.8 Å². The highest BCUT2D eigenvalue weighted by molar-refractivity contribution is 5.42. The molecule has 3 rings (SSSR count). The lowest BCUT2D eigenvalue weighted by atomic mass is 10.2. The quantitative estimate of drug-likeness (QED) is 0.831. The fourth-order valence-electron chi connectivity index (χ4n) is 3.09. The fraction of sp³-hybridized carbons (Fsp3) is 0.444. The molecular weight excluding hydrogens is 324 g/mol. The van der Waals surface area contributed by atoms with Crippen molar-refractivity contribution in [2.75, 3.05) is 44.0 Å². The van der Waals surface area contributed by atoms with Gasteiger partial charge in [0.05, 0.1) is 0 Å². The summed E-state index contributed by atoms with van der Waals surface area (Å²) >= 11 is 0. The smallest absolute Gasteiger partial charge is 0.227 e. The normalized spacial score (nSPS) is 17.7. The summed E-state index contributed by atoms with van der Waals surface area (Å²) in [5.41, 5.74) is 0.785. The van der Waals surface area contributed by atoms with E-state index in [0.717, 1.165) is 30.9 Å². The number of hydrogen-bond donors (Lipinski definition) is 0. The number of halogens is 2. The third-order valence-electron chi connectivity index (χ3n) is 4.59. The third kappa shape index (κ3) is 4.04. The second kappa shape index (κ2) is 7.31. The van der Waals surface area contributed by atoms with Crippen molar-refractivity contribution in [3.8, 4) is 0 Å². The Kier molecular flexibility index (Phi) is 5.13. The monoisotopic (exact) mass is 347 g/mol. The maximum Gasteiger partial charge on any atom is 0.227 e. The molecule has 0 saturated carbocycles. The summed E-state index contributed by atoms with van der Waals surface area (Å²) in [5.74, 6) is -0.0284. The van der Waals surface area contributed by atoms with Crippen LogP contribution in [0.4, 0.5) is 20.5 Å². The molecule has 1 aliphatic rings. The second-order valence-electron chi connectivity index (χ2n) is 6.65. The molecule has 1 aliphatic heterocycles. The van der Waals surface area contributed by atoms with Gasteiger partial charge in [0.15, 0.2) is 11.6 Å². The minimum absolute atomic E-state index is 0.294. The van der Waals surface area contributed by atoms with Crippen molar-refractivity contribution in [1.29, 1.82) is 0 Å². The maximum atomic E-state index is 13.4. The van der Waals surface area contributed by atoms with Gasteiger partial charge >= 0.3 is 0 Å². The highest BCUT2D eigenvalue weighted by Crippen LogP contribution is 2.22. The number of benzene rings is 1. The van der Waals surface area contributed by atoms with Crippen LogP contribution >= 0.6 is 0 Å². The van der Waals surface area contributed by atoms with Crippen LogP contribution in [0.1, 0.15) is 12.0 Å². The molecule has 25 heavy (non-hydrogen) atoms.